The van der Waals surface area contributed by atoms with Gasteiger partial charge in [-0.1, -0.05) is 0 Å². The topological polar surface area (TPSA) is 94.0 Å². The minimum atomic E-state index is -0.515. The first-order valence-electron chi connectivity index (χ1n) is 5.07. The number of nitrogens with two attached hydrogens (primary N) is 2. The van der Waals surface area contributed by atoms with Crippen molar-refractivity contribution >= 4 is 40.0 Å². The summed E-state index contributed by atoms with van der Waals surface area (Å²) in [4.78, 5) is 11.2. The van der Waals surface area contributed by atoms with Crippen LogP contribution in [0.25, 0.3) is 0 Å². The molecule has 0 saturated carbocycles. The average Bonchev–Trinajstić information content (AvgIpc) is 2.61. The molecule has 0 aromatic carbocycles. The van der Waals surface area contributed by atoms with Gasteiger partial charge in [0.25, 0.3) is 5.91 Å². The smallest absolute Gasteiger partial charge is 0.255 e. The SMILES string of the molecule is NC(=O)c1c(N)nsc1NC1CCSCC1. The normalized spacial score (nSPS) is 17.2. The number of thioether (sulfide) groups is 1. The molecule has 0 unspecified atom stereocenters. The summed E-state index contributed by atoms with van der Waals surface area (Å²) in [5.41, 5.74) is 11.2. The van der Waals surface area contributed by atoms with Crippen molar-refractivity contribution in [2.45, 2.75) is 18.9 Å². The summed E-state index contributed by atoms with van der Waals surface area (Å²) < 4.78 is 3.95. The first kappa shape index (κ1) is 11.5. The van der Waals surface area contributed by atoms with Crippen molar-refractivity contribution in [3.05, 3.63) is 5.56 Å². The summed E-state index contributed by atoms with van der Waals surface area (Å²) in [7, 11) is 0. The Morgan fingerprint density at radius 1 is 1.44 bits per heavy atom. The van der Waals surface area contributed by atoms with Crippen LogP contribution in [0.3, 0.4) is 0 Å². The second-order valence-corrected chi connectivity index (χ2v) is 5.67. The third-order valence-electron chi connectivity index (χ3n) is 2.52. The molecule has 1 aliphatic heterocycles. The molecule has 5 N–H and O–H groups in total. The standard InChI is InChI=1S/C9H14N4OS2/c10-7-6(8(11)14)9(16-13-7)12-5-1-3-15-4-2-5/h5,12H,1-4H2,(H2,10,13)(H2,11,14). The van der Waals surface area contributed by atoms with Crippen LogP contribution in [-0.4, -0.2) is 27.8 Å². The fraction of sp³-hybridized carbons (Fsp3) is 0.556. The highest BCUT2D eigenvalue weighted by Gasteiger charge is 2.20. The molecule has 2 heterocycles. The zero-order valence-corrected chi connectivity index (χ0v) is 10.4. The molecule has 1 aromatic heterocycles. The Morgan fingerprint density at radius 2 is 2.12 bits per heavy atom. The van der Waals surface area contributed by atoms with E-state index in [0.29, 0.717) is 16.6 Å². The van der Waals surface area contributed by atoms with Crippen LogP contribution in [0.1, 0.15) is 23.2 Å². The van der Waals surface area contributed by atoms with Gasteiger partial charge in [0.2, 0.25) is 0 Å². The highest BCUT2D eigenvalue weighted by atomic mass is 32.2. The molecule has 1 aromatic rings. The van der Waals surface area contributed by atoms with Gasteiger partial charge < -0.3 is 16.8 Å². The highest BCUT2D eigenvalue weighted by Crippen LogP contribution is 2.29. The van der Waals surface area contributed by atoms with Gasteiger partial charge in [0.1, 0.15) is 10.6 Å². The zero-order chi connectivity index (χ0) is 11.5. The van der Waals surface area contributed by atoms with Crippen LogP contribution in [0.15, 0.2) is 0 Å². The summed E-state index contributed by atoms with van der Waals surface area (Å²) in [5.74, 6) is 2.01. The van der Waals surface area contributed by atoms with E-state index in [1.807, 2.05) is 11.8 Å². The molecule has 7 heteroatoms. The molecule has 5 nitrogen and oxygen atoms in total. The molecule has 16 heavy (non-hydrogen) atoms. The van der Waals surface area contributed by atoms with Gasteiger partial charge in [-0.25, -0.2) is 0 Å². The fourth-order valence-electron chi connectivity index (χ4n) is 1.67. The predicted molar refractivity (Wildman–Crippen MR) is 69.0 cm³/mol. The fourth-order valence-corrected chi connectivity index (χ4v) is 3.57. The Morgan fingerprint density at radius 3 is 2.75 bits per heavy atom. The molecule has 1 saturated heterocycles. The summed E-state index contributed by atoms with van der Waals surface area (Å²) in [5, 5.41) is 4.02. The van der Waals surface area contributed by atoms with Crippen LogP contribution in [0.2, 0.25) is 0 Å². The molecular formula is C9H14N4OS2. The summed E-state index contributed by atoms with van der Waals surface area (Å²) in [6.45, 7) is 0. The molecule has 0 bridgehead atoms. The molecule has 0 atom stereocenters. The number of carbonyl (C=O) groups excluding carboxylic acids is 1. The van der Waals surface area contributed by atoms with Crippen LogP contribution in [-0.2, 0) is 0 Å². The number of hydrogen-bond donors (Lipinski definition) is 3. The number of hydrogen-bond acceptors (Lipinski definition) is 6. The number of amides is 1. The predicted octanol–water partition coefficient (Wildman–Crippen LogP) is 1.13. The van der Waals surface area contributed by atoms with Crippen molar-refractivity contribution in [1.29, 1.82) is 0 Å². The van der Waals surface area contributed by atoms with E-state index in [1.165, 1.54) is 11.5 Å². The van der Waals surface area contributed by atoms with E-state index in [-0.39, 0.29) is 5.82 Å². The van der Waals surface area contributed by atoms with Gasteiger partial charge in [-0.2, -0.15) is 16.1 Å². The maximum absolute atomic E-state index is 11.2. The van der Waals surface area contributed by atoms with Crippen LogP contribution in [0.4, 0.5) is 10.8 Å². The quantitative estimate of drug-likeness (QED) is 0.755. The van der Waals surface area contributed by atoms with Crippen molar-refractivity contribution in [2.24, 2.45) is 5.73 Å². The Kier molecular flexibility index (Phi) is 3.55. The van der Waals surface area contributed by atoms with E-state index in [9.17, 15) is 4.79 Å². The van der Waals surface area contributed by atoms with Crippen LogP contribution < -0.4 is 16.8 Å². The van der Waals surface area contributed by atoms with Crippen LogP contribution in [0.5, 0.6) is 0 Å². The van der Waals surface area contributed by atoms with E-state index in [4.69, 9.17) is 11.5 Å². The number of primary amides is 1. The van der Waals surface area contributed by atoms with E-state index < -0.39 is 5.91 Å². The van der Waals surface area contributed by atoms with Gasteiger partial charge in [-0.15, -0.1) is 0 Å². The van der Waals surface area contributed by atoms with Gasteiger partial charge in [-0.3, -0.25) is 4.79 Å². The van der Waals surface area contributed by atoms with Crippen molar-refractivity contribution in [3.8, 4) is 0 Å². The lowest BCUT2D eigenvalue weighted by molar-refractivity contribution is 0.100. The van der Waals surface area contributed by atoms with Gasteiger partial charge in [0, 0.05) is 6.04 Å². The Balaban J connectivity index is 2.11. The zero-order valence-electron chi connectivity index (χ0n) is 8.73. The summed E-state index contributed by atoms with van der Waals surface area (Å²) in [6.07, 6.45) is 2.20. The van der Waals surface area contributed by atoms with Gasteiger partial charge in [0.05, 0.1) is 0 Å². The van der Waals surface area contributed by atoms with E-state index in [0.717, 1.165) is 24.3 Å². The minimum Gasteiger partial charge on any atom is -0.382 e. The number of carbonyl (C=O) groups is 1. The third-order valence-corrected chi connectivity index (χ3v) is 4.36. The first-order chi connectivity index (χ1) is 7.68. The third kappa shape index (κ3) is 2.41. The van der Waals surface area contributed by atoms with Gasteiger partial charge in [-0.05, 0) is 35.9 Å². The second kappa shape index (κ2) is 4.92. The summed E-state index contributed by atoms with van der Waals surface area (Å²) in [6, 6.07) is 0.402. The lowest BCUT2D eigenvalue weighted by Gasteiger charge is -2.22. The summed E-state index contributed by atoms with van der Waals surface area (Å²) >= 11 is 3.16. The Bertz CT molecular complexity index is 387. The maximum Gasteiger partial charge on any atom is 0.255 e. The monoisotopic (exact) mass is 258 g/mol. The number of nitrogens with one attached hydrogen (secondary N) is 1. The van der Waals surface area contributed by atoms with Crippen molar-refractivity contribution in [1.82, 2.24) is 4.37 Å². The minimum absolute atomic E-state index is 0.227. The number of nitrogens with zero attached hydrogens (tertiary/aromatic N) is 1. The molecule has 88 valence electrons. The molecule has 1 aliphatic rings. The lowest BCUT2D eigenvalue weighted by Crippen LogP contribution is -2.25. The number of nitrogen functional groups attached to an aromatic ring is 1. The molecule has 0 aliphatic carbocycles. The largest absolute Gasteiger partial charge is 0.382 e. The second-order valence-electron chi connectivity index (χ2n) is 3.67. The highest BCUT2D eigenvalue weighted by molar-refractivity contribution is 7.99. The molecular weight excluding hydrogens is 244 g/mol. The van der Waals surface area contributed by atoms with Crippen molar-refractivity contribution in [2.75, 3.05) is 22.6 Å². The Hall–Kier alpha value is -0.950. The van der Waals surface area contributed by atoms with Crippen molar-refractivity contribution in [3.63, 3.8) is 0 Å². The van der Waals surface area contributed by atoms with E-state index in [2.05, 4.69) is 9.69 Å². The Labute approximate surface area is 102 Å². The molecule has 2 rings (SSSR count). The number of aromatic nitrogens is 1. The molecule has 0 spiro atoms. The molecule has 0 radical (unpaired) electrons. The van der Waals surface area contributed by atoms with Crippen LogP contribution in [0, 0.1) is 0 Å². The van der Waals surface area contributed by atoms with Crippen molar-refractivity contribution < 1.29 is 4.79 Å². The van der Waals surface area contributed by atoms with Gasteiger partial charge in [0.15, 0.2) is 5.82 Å². The van der Waals surface area contributed by atoms with Crippen LogP contribution >= 0.6 is 23.3 Å². The van der Waals surface area contributed by atoms with Gasteiger partial charge >= 0.3 is 0 Å². The number of anilines is 2. The first-order valence-corrected chi connectivity index (χ1v) is 7.00. The molecule has 1 fully saturated rings. The number of rotatable bonds is 3. The maximum atomic E-state index is 11.2. The molecule has 1 amide bonds. The lowest BCUT2D eigenvalue weighted by atomic mass is 10.1. The average molecular weight is 258 g/mol. The van der Waals surface area contributed by atoms with E-state index in [1.54, 1.807) is 0 Å². The van der Waals surface area contributed by atoms with E-state index >= 15 is 0 Å².